The molecule has 0 bridgehead atoms. The Morgan fingerprint density at radius 2 is 1.96 bits per heavy atom. The SMILES string of the molecule is Cc1cc2ccncc2n1CC1(O)CCN(C(=O)c2cccnc2)CC1. The third-order valence-electron chi connectivity index (χ3n) is 5.26. The standard InChI is InChI=1S/C20H22N4O2/c1-15-11-16-4-8-22-13-18(16)24(15)14-20(26)5-9-23(10-6-20)19(25)17-3-2-7-21-12-17/h2-4,7-8,11-13,26H,5-6,9-10,14H2,1H3. The fourth-order valence-corrected chi connectivity index (χ4v) is 3.70. The maximum absolute atomic E-state index is 12.5. The number of nitrogens with zero attached hydrogens (tertiary/aromatic N) is 4. The lowest BCUT2D eigenvalue weighted by molar-refractivity contribution is -0.0287. The van der Waals surface area contributed by atoms with Crippen LogP contribution in [0.5, 0.6) is 0 Å². The van der Waals surface area contributed by atoms with E-state index in [9.17, 15) is 9.90 Å². The average molecular weight is 350 g/mol. The van der Waals surface area contributed by atoms with Gasteiger partial charge in [0.25, 0.3) is 5.91 Å². The van der Waals surface area contributed by atoms with Gasteiger partial charge in [0.2, 0.25) is 0 Å². The summed E-state index contributed by atoms with van der Waals surface area (Å²) in [6.45, 7) is 3.65. The summed E-state index contributed by atoms with van der Waals surface area (Å²) in [7, 11) is 0. The second kappa shape index (κ2) is 6.53. The molecule has 0 atom stereocenters. The molecule has 6 heteroatoms. The molecule has 1 N–H and O–H groups in total. The van der Waals surface area contributed by atoms with E-state index in [0.717, 1.165) is 16.6 Å². The number of piperidine rings is 1. The predicted molar refractivity (Wildman–Crippen MR) is 98.8 cm³/mol. The maximum atomic E-state index is 12.5. The lowest BCUT2D eigenvalue weighted by Gasteiger charge is -2.38. The topological polar surface area (TPSA) is 71.2 Å². The summed E-state index contributed by atoms with van der Waals surface area (Å²) in [6, 6.07) is 7.64. The smallest absolute Gasteiger partial charge is 0.255 e. The maximum Gasteiger partial charge on any atom is 0.255 e. The van der Waals surface area contributed by atoms with E-state index in [1.807, 2.05) is 19.2 Å². The minimum Gasteiger partial charge on any atom is -0.388 e. The highest BCUT2D eigenvalue weighted by molar-refractivity contribution is 5.93. The van der Waals surface area contributed by atoms with Crippen molar-refractivity contribution >= 4 is 16.8 Å². The monoisotopic (exact) mass is 350 g/mol. The summed E-state index contributed by atoms with van der Waals surface area (Å²) < 4.78 is 2.13. The molecule has 3 aromatic rings. The molecule has 0 unspecified atom stereocenters. The fraction of sp³-hybridized carbons (Fsp3) is 0.350. The molecule has 1 amide bonds. The molecule has 0 aromatic carbocycles. The molecule has 1 aliphatic rings. The zero-order valence-corrected chi connectivity index (χ0v) is 14.8. The van der Waals surface area contributed by atoms with Gasteiger partial charge in [0.15, 0.2) is 0 Å². The largest absolute Gasteiger partial charge is 0.388 e. The first-order valence-corrected chi connectivity index (χ1v) is 8.87. The van der Waals surface area contributed by atoms with Crippen LogP contribution in [0.3, 0.4) is 0 Å². The first-order chi connectivity index (χ1) is 12.6. The quantitative estimate of drug-likeness (QED) is 0.787. The van der Waals surface area contributed by atoms with Crippen LogP contribution in [0.1, 0.15) is 28.9 Å². The highest BCUT2D eigenvalue weighted by Crippen LogP contribution is 2.28. The van der Waals surface area contributed by atoms with E-state index >= 15 is 0 Å². The third-order valence-corrected chi connectivity index (χ3v) is 5.26. The molecular weight excluding hydrogens is 328 g/mol. The second-order valence-corrected chi connectivity index (χ2v) is 7.06. The van der Waals surface area contributed by atoms with Crippen molar-refractivity contribution in [1.29, 1.82) is 0 Å². The Kier molecular flexibility index (Phi) is 4.20. The fourth-order valence-electron chi connectivity index (χ4n) is 3.70. The Bertz CT molecular complexity index is 927. The highest BCUT2D eigenvalue weighted by Gasteiger charge is 2.35. The van der Waals surface area contributed by atoms with Crippen LogP contribution < -0.4 is 0 Å². The summed E-state index contributed by atoms with van der Waals surface area (Å²) >= 11 is 0. The zero-order valence-electron chi connectivity index (χ0n) is 14.8. The number of hydrogen-bond donors (Lipinski definition) is 1. The van der Waals surface area contributed by atoms with E-state index in [0.29, 0.717) is 38.0 Å². The van der Waals surface area contributed by atoms with Crippen LogP contribution in [0.2, 0.25) is 0 Å². The molecule has 0 radical (unpaired) electrons. The van der Waals surface area contributed by atoms with Gasteiger partial charge >= 0.3 is 0 Å². The molecule has 1 saturated heterocycles. The summed E-state index contributed by atoms with van der Waals surface area (Å²) in [4.78, 5) is 22.6. The molecule has 4 rings (SSSR count). The molecule has 1 fully saturated rings. The van der Waals surface area contributed by atoms with E-state index in [1.165, 1.54) is 0 Å². The van der Waals surface area contributed by atoms with Crippen molar-refractivity contribution in [2.24, 2.45) is 0 Å². The second-order valence-electron chi connectivity index (χ2n) is 7.06. The molecule has 0 aliphatic carbocycles. The number of likely N-dealkylation sites (tertiary alicyclic amines) is 1. The van der Waals surface area contributed by atoms with Gasteiger partial charge in [-0.05, 0) is 44.0 Å². The van der Waals surface area contributed by atoms with Gasteiger partial charge in [0.1, 0.15) is 0 Å². The number of fused-ring (bicyclic) bond motifs is 1. The van der Waals surface area contributed by atoms with Crippen LogP contribution >= 0.6 is 0 Å². The van der Waals surface area contributed by atoms with Crippen LogP contribution in [0.4, 0.5) is 0 Å². The van der Waals surface area contributed by atoms with E-state index in [4.69, 9.17) is 0 Å². The number of pyridine rings is 2. The predicted octanol–water partition coefficient (Wildman–Crippen LogP) is 2.41. The first-order valence-electron chi connectivity index (χ1n) is 8.87. The Labute approximate surface area is 152 Å². The van der Waals surface area contributed by atoms with Gasteiger partial charge in [-0.1, -0.05) is 0 Å². The van der Waals surface area contributed by atoms with Gasteiger partial charge in [-0.3, -0.25) is 14.8 Å². The normalized spacial score (nSPS) is 16.8. The molecule has 0 saturated carbocycles. The minimum absolute atomic E-state index is 0.0213. The molecule has 3 aromatic heterocycles. The summed E-state index contributed by atoms with van der Waals surface area (Å²) in [5, 5.41) is 12.2. The number of aliphatic hydroxyl groups is 1. The van der Waals surface area contributed by atoms with Crippen LogP contribution in [-0.2, 0) is 6.54 Å². The number of amides is 1. The van der Waals surface area contributed by atoms with Gasteiger partial charge in [0, 0.05) is 42.8 Å². The van der Waals surface area contributed by atoms with Crippen molar-refractivity contribution in [2.75, 3.05) is 13.1 Å². The van der Waals surface area contributed by atoms with Crippen LogP contribution in [-0.4, -0.2) is 49.1 Å². The Balaban J connectivity index is 1.48. The van der Waals surface area contributed by atoms with Crippen LogP contribution in [0.15, 0.2) is 49.1 Å². The number of carbonyl (C=O) groups excluding carboxylic acids is 1. The average Bonchev–Trinajstić information content (AvgIpc) is 2.98. The molecule has 4 heterocycles. The summed E-state index contributed by atoms with van der Waals surface area (Å²) in [6.07, 6.45) is 7.97. The number of carbonyl (C=O) groups is 1. The van der Waals surface area contributed by atoms with Crippen molar-refractivity contribution in [3.05, 3.63) is 60.3 Å². The molecule has 0 spiro atoms. The van der Waals surface area contributed by atoms with E-state index < -0.39 is 5.60 Å². The summed E-state index contributed by atoms with van der Waals surface area (Å²) in [5.41, 5.74) is 1.91. The van der Waals surface area contributed by atoms with Crippen LogP contribution in [0, 0.1) is 6.92 Å². The third kappa shape index (κ3) is 3.08. The van der Waals surface area contributed by atoms with Crippen LogP contribution in [0.25, 0.3) is 10.9 Å². The van der Waals surface area contributed by atoms with E-state index in [2.05, 4.69) is 20.6 Å². The number of hydrogen-bond acceptors (Lipinski definition) is 4. The van der Waals surface area contributed by atoms with Crippen molar-refractivity contribution < 1.29 is 9.90 Å². The zero-order chi connectivity index (χ0) is 18.1. The van der Waals surface area contributed by atoms with Crippen molar-refractivity contribution in [3.8, 4) is 0 Å². The Hall–Kier alpha value is -2.73. The van der Waals surface area contributed by atoms with Gasteiger partial charge in [0.05, 0.1) is 29.4 Å². The van der Waals surface area contributed by atoms with Gasteiger partial charge in [-0.2, -0.15) is 0 Å². The van der Waals surface area contributed by atoms with Gasteiger partial charge < -0.3 is 14.6 Å². The molecule has 26 heavy (non-hydrogen) atoms. The molecule has 134 valence electrons. The molecular formula is C20H22N4O2. The first kappa shape index (κ1) is 16.7. The Morgan fingerprint density at radius 1 is 1.19 bits per heavy atom. The molecule has 6 nitrogen and oxygen atoms in total. The van der Waals surface area contributed by atoms with Crippen molar-refractivity contribution in [2.45, 2.75) is 31.9 Å². The number of rotatable bonds is 3. The van der Waals surface area contributed by atoms with Gasteiger partial charge in [-0.25, -0.2) is 0 Å². The highest BCUT2D eigenvalue weighted by atomic mass is 16.3. The molecule has 1 aliphatic heterocycles. The Morgan fingerprint density at radius 3 is 2.69 bits per heavy atom. The van der Waals surface area contributed by atoms with E-state index in [1.54, 1.807) is 35.6 Å². The van der Waals surface area contributed by atoms with E-state index in [-0.39, 0.29) is 5.91 Å². The van der Waals surface area contributed by atoms with Crippen molar-refractivity contribution in [3.63, 3.8) is 0 Å². The summed E-state index contributed by atoms with van der Waals surface area (Å²) in [5.74, 6) is -0.0213. The van der Waals surface area contributed by atoms with Gasteiger partial charge in [-0.15, -0.1) is 0 Å². The lowest BCUT2D eigenvalue weighted by Crippen LogP contribution is -2.48. The minimum atomic E-state index is -0.821. The number of aromatic nitrogens is 3. The number of aryl methyl sites for hydroxylation is 1. The lowest BCUT2D eigenvalue weighted by atomic mass is 9.90. The van der Waals surface area contributed by atoms with Crippen molar-refractivity contribution in [1.82, 2.24) is 19.4 Å².